The Morgan fingerprint density at radius 2 is 1.84 bits per heavy atom. The van der Waals surface area contributed by atoms with Crippen molar-refractivity contribution in [2.45, 2.75) is 24.8 Å². The number of thiazole rings is 1. The van der Waals surface area contributed by atoms with Gasteiger partial charge < -0.3 is 0 Å². The molecule has 0 saturated carbocycles. The Morgan fingerprint density at radius 1 is 1.00 bits per heavy atom. The van der Waals surface area contributed by atoms with Crippen LogP contribution in [0.25, 0.3) is 21.6 Å². The van der Waals surface area contributed by atoms with Gasteiger partial charge in [0, 0.05) is 23.4 Å². The van der Waals surface area contributed by atoms with Gasteiger partial charge in [0.1, 0.15) is 0 Å². The number of aromatic nitrogens is 4. The zero-order valence-corrected chi connectivity index (χ0v) is 18.5. The summed E-state index contributed by atoms with van der Waals surface area (Å²) < 4.78 is 3.17. The van der Waals surface area contributed by atoms with Crippen LogP contribution in [0.4, 0.5) is 0 Å². The van der Waals surface area contributed by atoms with Gasteiger partial charge >= 0.3 is 0 Å². The molecule has 0 fully saturated rings. The maximum Gasteiger partial charge on any atom is 0.266 e. The molecule has 0 atom stereocenters. The molecule has 31 heavy (non-hydrogen) atoms. The fourth-order valence-corrected chi connectivity index (χ4v) is 5.05. The minimum absolute atomic E-state index is 0.111. The highest BCUT2D eigenvalue weighted by atomic mass is 32.2. The quantitative estimate of drug-likeness (QED) is 0.303. The predicted octanol–water partition coefficient (Wildman–Crippen LogP) is 4.36. The second-order valence-corrected chi connectivity index (χ2v) is 9.07. The van der Waals surface area contributed by atoms with Crippen molar-refractivity contribution in [3.8, 4) is 5.69 Å². The highest BCUT2D eigenvalue weighted by molar-refractivity contribution is 7.98. The molecule has 6 nitrogen and oxygen atoms in total. The Bertz CT molecular complexity index is 1570. The number of hydrogen-bond donors (Lipinski definition) is 0. The van der Waals surface area contributed by atoms with E-state index in [0.29, 0.717) is 32.5 Å². The van der Waals surface area contributed by atoms with Crippen LogP contribution >= 0.6 is 23.1 Å². The van der Waals surface area contributed by atoms with E-state index in [0.717, 1.165) is 16.8 Å². The van der Waals surface area contributed by atoms with Crippen molar-refractivity contribution in [2.75, 3.05) is 0 Å². The van der Waals surface area contributed by atoms with Gasteiger partial charge in [0.25, 0.3) is 11.1 Å². The molecule has 3 heterocycles. The third kappa shape index (κ3) is 3.58. The Balaban J connectivity index is 1.63. The van der Waals surface area contributed by atoms with Gasteiger partial charge in [0.2, 0.25) is 0 Å². The van der Waals surface area contributed by atoms with E-state index in [-0.39, 0.29) is 11.1 Å². The molecule has 154 valence electrons. The molecule has 0 unspecified atom stereocenters. The summed E-state index contributed by atoms with van der Waals surface area (Å²) in [5.41, 5.74) is 4.12. The smallest absolute Gasteiger partial charge is 0.266 e. The predicted molar refractivity (Wildman–Crippen MR) is 126 cm³/mol. The summed E-state index contributed by atoms with van der Waals surface area (Å²) in [5.74, 6) is 0.430. The second kappa shape index (κ2) is 7.79. The zero-order valence-electron chi connectivity index (χ0n) is 16.9. The van der Waals surface area contributed by atoms with Gasteiger partial charge in [-0.15, -0.1) is 11.3 Å². The number of benzene rings is 2. The minimum atomic E-state index is -0.113. The lowest BCUT2D eigenvalue weighted by atomic mass is 10.1. The van der Waals surface area contributed by atoms with Crippen molar-refractivity contribution in [3.05, 3.63) is 97.6 Å². The molecule has 0 aliphatic rings. The SMILES string of the molecule is Cc1ccc(-n2c(SCc3cc(=O)n4ccsc4n3)nc3ccccc3c2=O)cc1C. The number of nitrogens with zero attached hydrogens (tertiary/aromatic N) is 4. The summed E-state index contributed by atoms with van der Waals surface area (Å²) >= 11 is 2.82. The molecule has 5 rings (SSSR count). The van der Waals surface area contributed by atoms with Crippen molar-refractivity contribution < 1.29 is 0 Å². The molecule has 3 aromatic heterocycles. The molecule has 0 aliphatic carbocycles. The van der Waals surface area contributed by atoms with E-state index in [1.807, 2.05) is 55.6 Å². The standard InChI is InChI=1S/C23H18N4O2S2/c1-14-7-8-17(11-15(14)2)27-21(29)18-5-3-4-6-19(18)25-23(27)31-13-16-12-20(28)26-9-10-30-22(26)24-16/h3-12H,13H2,1-2H3. The normalized spacial score (nSPS) is 11.4. The van der Waals surface area contributed by atoms with Crippen LogP contribution in [0.1, 0.15) is 16.8 Å². The summed E-state index contributed by atoms with van der Waals surface area (Å²) in [7, 11) is 0. The van der Waals surface area contributed by atoms with Crippen LogP contribution in [0.15, 0.2) is 74.9 Å². The number of fused-ring (bicyclic) bond motifs is 2. The maximum absolute atomic E-state index is 13.4. The highest BCUT2D eigenvalue weighted by Crippen LogP contribution is 2.25. The summed E-state index contributed by atoms with van der Waals surface area (Å²) in [5, 5.41) is 2.98. The lowest BCUT2D eigenvalue weighted by Gasteiger charge is -2.14. The van der Waals surface area contributed by atoms with Gasteiger partial charge in [-0.25, -0.2) is 9.97 Å². The van der Waals surface area contributed by atoms with Crippen LogP contribution < -0.4 is 11.1 Å². The first kappa shape index (κ1) is 19.7. The molecule has 8 heteroatoms. The molecule has 0 radical (unpaired) electrons. The van der Waals surface area contributed by atoms with E-state index in [1.165, 1.54) is 33.6 Å². The first-order valence-electron chi connectivity index (χ1n) is 9.69. The lowest BCUT2D eigenvalue weighted by Crippen LogP contribution is -2.22. The summed E-state index contributed by atoms with van der Waals surface area (Å²) in [6, 6.07) is 14.8. The van der Waals surface area contributed by atoms with E-state index in [9.17, 15) is 9.59 Å². The maximum atomic E-state index is 13.4. The van der Waals surface area contributed by atoms with E-state index in [1.54, 1.807) is 16.8 Å². The first-order valence-corrected chi connectivity index (χ1v) is 11.6. The Hall–Kier alpha value is -3.23. The largest absolute Gasteiger partial charge is 0.269 e. The highest BCUT2D eigenvalue weighted by Gasteiger charge is 2.15. The molecule has 0 bridgehead atoms. The molecule has 0 aliphatic heterocycles. The molecule has 2 aromatic carbocycles. The van der Waals surface area contributed by atoms with Gasteiger partial charge in [0.15, 0.2) is 10.1 Å². The molecule has 5 aromatic rings. The molecule has 0 spiro atoms. The topological polar surface area (TPSA) is 69.3 Å². The van der Waals surface area contributed by atoms with E-state index < -0.39 is 0 Å². The fraction of sp³-hybridized carbons (Fsp3) is 0.130. The summed E-state index contributed by atoms with van der Waals surface area (Å²) in [6.07, 6.45) is 1.72. The van der Waals surface area contributed by atoms with Crippen molar-refractivity contribution >= 4 is 39.0 Å². The van der Waals surface area contributed by atoms with Crippen molar-refractivity contribution in [1.29, 1.82) is 0 Å². The zero-order chi connectivity index (χ0) is 21.5. The average Bonchev–Trinajstić information content (AvgIpc) is 3.24. The fourth-order valence-electron chi connectivity index (χ4n) is 3.40. The van der Waals surface area contributed by atoms with Crippen LogP contribution in [-0.4, -0.2) is 18.9 Å². The van der Waals surface area contributed by atoms with Crippen molar-refractivity contribution in [3.63, 3.8) is 0 Å². The van der Waals surface area contributed by atoms with Gasteiger partial charge in [-0.05, 0) is 49.2 Å². The van der Waals surface area contributed by atoms with Gasteiger partial charge in [-0.1, -0.05) is 30.0 Å². The minimum Gasteiger partial charge on any atom is -0.269 e. The lowest BCUT2D eigenvalue weighted by molar-refractivity contribution is 0.817. The Kier molecular flexibility index (Phi) is 4.95. The van der Waals surface area contributed by atoms with Crippen LogP contribution in [0.5, 0.6) is 0 Å². The monoisotopic (exact) mass is 446 g/mol. The summed E-state index contributed by atoms with van der Waals surface area (Å²) in [6.45, 7) is 4.07. The van der Waals surface area contributed by atoms with Gasteiger partial charge in [-0.2, -0.15) is 0 Å². The number of rotatable bonds is 4. The summed E-state index contributed by atoms with van der Waals surface area (Å²) in [4.78, 5) is 35.7. The first-order chi connectivity index (χ1) is 15.0. The average molecular weight is 447 g/mol. The molecular weight excluding hydrogens is 428 g/mol. The molecule has 0 saturated heterocycles. The molecular formula is C23H18N4O2S2. The molecule has 0 amide bonds. The van der Waals surface area contributed by atoms with E-state index in [2.05, 4.69) is 4.98 Å². The van der Waals surface area contributed by atoms with Crippen molar-refractivity contribution in [1.82, 2.24) is 18.9 Å². The third-order valence-corrected chi connectivity index (χ3v) is 6.93. The molecule has 0 N–H and O–H groups in total. The second-order valence-electron chi connectivity index (χ2n) is 7.25. The van der Waals surface area contributed by atoms with E-state index >= 15 is 0 Å². The van der Waals surface area contributed by atoms with Crippen LogP contribution in [0, 0.1) is 13.8 Å². The number of aryl methyl sites for hydroxylation is 2. The number of thioether (sulfide) groups is 1. The number of hydrogen-bond acceptors (Lipinski definition) is 6. The number of para-hydroxylation sites is 1. The van der Waals surface area contributed by atoms with Crippen LogP contribution in [0.3, 0.4) is 0 Å². The van der Waals surface area contributed by atoms with Gasteiger partial charge in [-0.3, -0.25) is 18.6 Å². The van der Waals surface area contributed by atoms with Crippen LogP contribution in [0.2, 0.25) is 0 Å². The van der Waals surface area contributed by atoms with Crippen molar-refractivity contribution in [2.24, 2.45) is 0 Å². The van der Waals surface area contributed by atoms with Gasteiger partial charge in [0.05, 0.1) is 22.3 Å². The Morgan fingerprint density at radius 3 is 2.68 bits per heavy atom. The van der Waals surface area contributed by atoms with Crippen LogP contribution in [-0.2, 0) is 5.75 Å². The van der Waals surface area contributed by atoms with E-state index in [4.69, 9.17) is 4.98 Å². The Labute approximate surface area is 185 Å². The third-order valence-electron chi connectivity index (χ3n) is 5.20.